The molecule has 4 rings (SSSR count). The predicted octanol–water partition coefficient (Wildman–Crippen LogP) is 5.55. The summed E-state index contributed by atoms with van der Waals surface area (Å²) < 4.78 is 25.5. The Balaban J connectivity index is 1.31. The molecule has 1 N–H and O–H groups in total. The Labute approximate surface area is 182 Å². The fraction of sp³-hybridized carbons (Fsp3) is 0.520. The molecule has 31 heavy (non-hydrogen) atoms. The number of carboxylic acid groups (broad SMARTS) is 1. The minimum absolute atomic E-state index is 0.0331. The number of ether oxygens (including phenoxy) is 2. The summed E-state index contributed by atoms with van der Waals surface area (Å²) in [5.41, 5.74) is 1.57. The molecule has 0 unspecified atom stereocenters. The van der Waals surface area contributed by atoms with Gasteiger partial charge in [-0.3, -0.25) is 4.79 Å². The first-order chi connectivity index (χ1) is 15.0. The maximum atomic E-state index is 14.3. The molecule has 6 heteroatoms. The molecule has 0 radical (unpaired) electrons. The minimum Gasteiger partial charge on any atom is -0.497 e. The van der Waals surface area contributed by atoms with E-state index in [0.717, 1.165) is 49.8 Å². The number of pyridine rings is 1. The highest BCUT2D eigenvalue weighted by atomic mass is 19.1. The number of hydrogen-bond donors (Lipinski definition) is 1. The summed E-state index contributed by atoms with van der Waals surface area (Å²) in [5, 5.41) is 9.23. The second-order valence-corrected chi connectivity index (χ2v) is 8.86. The first-order valence-electron chi connectivity index (χ1n) is 11.2. The van der Waals surface area contributed by atoms with Gasteiger partial charge in [-0.25, -0.2) is 9.37 Å². The van der Waals surface area contributed by atoms with Gasteiger partial charge in [-0.05, 0) is 86.1 Å². The summed E-state index contributed by atoms with van der Waals surface area (Å²) in [6.45, 7) is 0.580. The van der Waals surface area contributed by atoms with Crippen molar-refractivity contribution >= 4 is 5.97 Å². The fourth-order valence-electron chi connectivity index (χ4n) is 4.72. The highest BCUT2D eigenvalue weighted by Crippen LogP contribution is 2.44. The summed E-state index contributed by atoms with van der Waals surface area (Å²) in [4.78, 5) is 15.8. The molecule has 5 nitrogen and oxygen atoms in total. The lowest BCUT2D eigenvalue weighted by Crippen LogP contribution is -2.20. The monoisotopic (exact) mass is 427 g/mol. The third-order valence-corrected chi connectivity index (χ3v) is 6.67. The van der Waals surface area contributed by atoms with Crippen molar-refractivity contribution in [3.05, 3.63) is 53.5 Å². The minimum atomic E-state index is -0.783. The number of carbonyl (C=O) groups is 1. The molecule has 1 aromatic heterocycles. The van der Waals surface area contributed by atoms with Crippen LogP contribution in [0.15, 0.2) is 36.4 Å². The lowest BCUT2D eigenvalue weighted by molar-refractivity contribution is -0.137. The van der Waals surface area contributed by atoms with Gasteiger partial charge in [0.05, 0.1) is 20.1 Å². The van der Waals surface area contributed by atoms with E-state index in [9.17, 15) is 14.3 Å². The summed E-state index contributed by atoms with van der Waals surface area (Å²) in [5.74, 6) is 1.33. The van der Waals surface area contributed by atoms with Gasteiger partial charge in [0.2, 0.25) is 5.88 Å². The van der Waals surface area contributed by atoms with E-state index in [1.54, 1.807) is 13.2 Å². The van der Waals surface area contributed by atoms with Crippen molar-refractivity contribution in [2.24, 2.45) is 11.8 Å². The van der Waals surface area contributed by atoms with Crippen LogP contribution in [0.5, 0.6) is 11.6 Å². The quantitative estimate of drug-likeness (QED) is 0.568. The standard InChI is InChI=1S/C25H30FNO4/c1-30-19-11-12-22(26)20(13-19)17-7-5-16(6-8-17)15-31-24-4-2-3-23(27-24)21(14-25(28)29)18-9-10-18/h2-4,11-13,16-18,21H,5-10,14-15H2,1H3,(H,28,29)/t16-,17-,21-/m0/s1. The van der Waals surface area contributed by atoms with Crippen molar-refractivity contribution in [1.82, 2.24) is 4.98 Å². The molecule has 166 valence electrons. The van der Waals surface area contributed by atoms with Crippen molar-refractivity contribution < 1.29 is 23.8 Å². The molecule has 0 spiro atoms. The number of aromatic nitrogens is 1. The summed E-state index contributed by atoms with van der Waals surface area (Å²) in [6, 6.07) is 10.6. The summed E-state index contributed by atoms with van der Waals surface area (Å²) in [6.07, 6.45) is 6.06. The molecule has 0 aliphatic heterocycles. The first kappa shape index (κ1) is 21.6. The van der Waals surface area contributed by atoms with Crippen LogP contribution in [0.4, 0.5) is 4.39 Å². The highest BCUT2D eigenvalue weighted by Gasteiger charge is 2.35. The van der Waals surface area contributed by atoms with Crippen LogP contribution < -0.4 is 9.47 Å². The molecule has 2 aromatic rings. The Morgan fingerprint density at radius 2 is 1.94 bits per heavy atom. The number of benzene rings is 1. The Morgan fingerprint density at radius 1 is 1.16 bits per heavy atom. The summed E-state index contributed by atoms with van der Waals surface area (Å²) >= 11 is 0. The van der Waals surface area contributed by atoms with Gasteiger partial charge in [0.15, 0.2) is 0 Å². The third kappa shape index (κ3) is 5.54. The Kier molecular flexibility index (Phi) is 6.73. The van der Waals surface area contributed by atoms with Gasteiger partial charge in [-0.2, -0.15) is 0 Å². The number of methoxy groups -OCH3 is 1. The average molecular weight is 428 g/mol. The van der Waals surface area contributed by atoms with E-state index < -0.39 is 5.97 Å². The largest absolute Gasteiger partial charge is 0.497 e. The Hall–Kier alpha value is -2.63. The van der Waals surface area contributed by atoms with Crippen molar-refractivity contribution in [1.29, 1.82) is 0 Å². The van der Waals surface area contributed by atoms with E-state index in [-0.39, 0.29) is 24.1 Å². The Bertz CT molecular complexity index is 906. The van der Waals surface area contributed by atoms with Crippen LogP contribution in [0.25, 0.3) is 0 Å². The van der Waals surface area contributed by atoms with Crippen molar-refractivity contribution in [2.45, 2.75) is 56.8 Å². The molecule has 1 atom stereocenters. The number of aliphatic carboxylic acids is 1. The molecule has 2 fully saturated rings. The van der Waals surface area contributed by atoms with Crippen LogP contribution in [-0.4, -0.2) is 29.8 Å². The number of carboxylic acids is 1. The average Bonchev–Trinajstić information content (AvgIpc) is 3.62. The number of halogens is 1. The van der Waals surface area contributed by atoms with Crippen molar-refractivity contribution in [2.75, 3.05) is 13.7 Å². The van der Waals surface area contributed by atoms with E-state index in [0.29, 0.717) is 30.1 Å². The molecule has 1 heterocycles. The van der Waals surface area contributed by atoms with Gasteiger partial charge in [0.25, 0.3) is 0 Å². The molecule has 0 saturated heterocycles. The lowest BCUT2D eigenvalue weighted by atomic mass is 9.79. The van der Waals surface area contributed by atoms with Gasteiger partial charge >= 0.3 is 5.97 Å². The van der Waals surface area contributed by atoms with E-state index >= 15 is 0 Å². The molecule has 2 saturated carbocycles. The molecule has 0 amide bonds. The zero-order chi connectivity index (χ0) is 21.8. The van der Waals surface area contributed by atoms with E-state index in [4.69, 9.17) is 9.47 Å². The predicted molar refractivity (Wildman–Crippen MR) is 115 cm³/mol. The Morgan fingerprint density at radius 3 is 2.61 bits per heavy atom. The smallest absolute Gasteiger partial charge is 0.304 e. The van der Waals surface area contributed by atoms with E-state index in [2.05, 4.69) is 4.98 Å². The van der Waals surface area contributed by atoms with Crippen LogP contribution in [0.2, 0.25) is 0 Å². The maximum absolute atomic E-state index is 14.3. The van der Waals surface area contributed by atoms with Gasteiger partial charge in [-0.1, -0.05) is 6.07 Å². The molecule has 1 aromatic carbocycles. The molecular weight excluding hydrogens is 397 g/mol. The number of nitrogens with zero attached hydrogens (tertiary/aromatic N) is 1. The van der Waals surface area contributed by atoms with Crippen LogP contribution in [0.1, 0.15) is 68.0 Å². The molecular formula is C25H30FNO4. The van der Waals surface area contributed by atoms with E-state index in [1.807, 2.05) is 24.3 Å². The molecule has 2 aliphatic carbocycles. The van der Waals surface area contributed by atoms with Crippen molar-refractivity contribution in [3.63, 3.8) is 0 Å². The topological polar surface area (TPSA) is 68.7 Å². The molecule has 2 aliphatic rings. The fourth-order valence-corrected chi connectivity index (χ4v) is 4.72. The third-order valence-electron chi connectivity index (χ3n) is 6.67. The zero-order valence-electron chi connectivity index (χ0n) is 17.9. The van der Waals surface area contributed by atoms with Crippen LogP contribution in [-0.2, 0) is 4.79 Å². The van der Waals surface area contributed by atoms with Gasteiger partial charge < -0.3 is 14.6 Å². The van der Waals surface area contributed by atoms with Crippen molar-refractivity contribution in [3.8, 4) is 11.6 Å². The summed E-state index contributed by atoms with van der Waals surface area (Å²) in [7, 11) is 1.60. The number of hydrogen-bond acceptors (Lipinski definition) is 4. The number of rotatable bonds is 9. The second kappa shape index (κ2) is 9.67. The van der Waals surface area contributed by atoms with Gasteiger partial charge in [0.1, 0.15) is 11.6 Å². The van der Waals surface area contributed by atoms with Crippen LogP contribution in [0.3, 0.4) is 0 Å². The van der Waals surface area contributed by atoms with E-state index in [1.165, 1.54) is 6.07 Å². The highest BCUT2D eigenvalue weighted by molar-refractivity contribution is 5.68. The van der Waals surface area contributed by atoms with Gasteiger partial charge in [-0.15, -0.1) is 0 Å². The SMILES string of the molecule is COc1ccc(F)c([C@H]2CC[C@H](COc3cccc([C@@H](CC(=O)O)C4CC4)n3)CC2)c1. The zero-order valence-corrected chi connectivity index (χ0v) is 17.9. The first-order valence-corrected chi connectivity index (χ1v) is 11.2. The second-order valence-electron chi connectivity index (χ2n) is 8.86. The van der Waals surface area contributed by atoms with Crippen LogP contribution >= 0.6 is 0 Å². The lowest BCUT2D eigenvalue weighted by Gasteiger charge is -2.29. The molecule has 0 bridgehead atoms. The van der Waals surface area contributed by atoms with Crippen LogP contribution in [0, 0.1) is 17.7 Å². The van der Waals surface area contributed by atoms with Gasteiger partial charge in [0, 0.05) is 17.7 Å². The normalized spacial score (nSPS) is 22.0. The maximum Gasteiger partial charge on any atom is 0.304 e.